The van der Waals surface area contributed by atoms with Crippen molar-refractivity contribution in [1.82, 2.24) is 4.40 Å². The Hall–Kier alpha value is -3.06. The molecule has 0 aliphatic heterocycles. The number of benzene rings is 3. The molecule has 2 aromatic heterocycles. The summed E-state index contributed by atoms with van der Waals surface area (Å²) in [5.41, 5.74) is 4.42. The van der Waals surface area contributed by atoms with E-state index in [0.717, 1.165) is 0 Å². The van der Waals surface area contributed by atoms with Gasteiger partial charge in [0.15, 0.2) is 0 Å². The van der Waals surface area contributed by atoms with Crippen molar-refractivity contribution < 1.29 is 0 Å². The summed E-state index contributed by atoms with van der Waals surface area (Å²) in [6.07, 6.45) is 9.29. The minimum absolute atomic E-state index is 1.25. The van der Waals surface area contributed by atoms with Gasteiger partial charge in [-0.1, -0.05) is 54.6 Å². The van der Waals surface area contributed by atoms with Gasteiger partial charge in [0, 0.05) is 17.9 Å². The first-order valence-electron chi connectivity index (χ1n) is 9.84. The van der Waals surface area contributed by atoms with Gasteiger partial charge in [-0.15, -0.1) is 0 Å². The molecule has 0 N–H and O–H groups in total. The Balaban J connectivity index is 0.000000149. The van der Waals surface area contributed by atoms with E-state index in [1.54, 1.807) is 11.1 Å². The van der Waals surface area contributed by atoms with Crippen molar-refractivity contribution in [1.29, 1.82) is 0 Å². The molecule has 0 radical (unpaired) electrons. The average molecular weight is 349 g/mol. The van der Waals surface area contributed by atoms with Crippen molar-refractivity contribution in [3.05, 3.63) is 102 Å². The van der Waals surface area contributed by atoms with Crippen LogP contribution in [-0.4, -0.2) is 4.40 Å². The number of rotatable bonds is 0. The molecule has 0 amide bonds. The van der Waals surface area contributed by atoms with Crippen molar-refractivity contribution in [2.45, 2.75) is 25.7 Å². The van der Waals surface area contributed by atoms with E-state index in [1.807, 2.05) is 30.6 Å². The summed E-state index contributed by atoms with van der Waals surface area (Å²) in [6, 6.07) is 28.2. The van der Waals surface area contributed by atoms with Gasteiger partial charge in [0.05, 0.1) is 0 Å². The molecular formula is C26H23N. The molecule has 5 aromatic rings. The average Bonchev–Trinajstić information content (AvgIpc) is 3.23. The highest BCUT2D eigenvalue weighted by atomic mass is 14.8. The molecule has 0 fully saturated rings. The zero-order chi connectivity index (χ0) is 18.1. The van der Waals surface area contributed by atoms with E-state index in [-0.39, 0.29) is 0 Å². The quantitative estimate of drug-likeness (QED) is 0.270. The predicted octanol–water partition coefficient (Wildman–Crippen LogP) is 6.81. The third-order valence-corrected chi connectivity index (χ3v) is 5.69. The number of hydrogen-bond donors (Lipinski definition) is 0. The first-order chi connectivity index (χ1) is 13.4. The van der Waals surface area contributed by atoms with Crippen LogP contribution in [0.25, 0.3) is 27.1 Å². The summed E-state index contributed by atoms with van der Waals surface area (Å²) in [5.74, 6) is 0. The van der Waals surface area contributed by atoms with Crippen molar-refractivity contribution in [3.8, 4) is 0 Å². The Morgan fingerprint density at radius 2 is 1.33 bits per heavy atom. The van der Waals surface area contributed by atoms with Crippen LogP contribution >= 0.6 is 0 Å². The lowest BCUT2D eigenvalue weighted by Crippen LogP contribution is -2.02. The van der Waals surface area contributed by atoms with Crippen LogP contribution in [-0.2, 0) is 12.8 Å². The molecule has 2 heterocycles. The monoisotopic (exact) mass is 349 g/mol. The minimum atomic E-state index is 1.25. The maximum absolute atomic E-state index is 2.35. The number of aromatic nitrogens is 1. The molecule has 1 aliphatic rings. The SMILES string of the molecule is c1ccc2c(c1)ccc1c3c(ccc12)CCCC3.c1ccn2cccc2c1. The molecule has 1 heteroatoms. The number of fused-ring (bicyclic) bond motifs is 6. The van der Waals surface area contributed by atoms with Gasteiger partial charge in [-0.25, -0.2) is 0 Å². The van der Waals surface area contributed by atoms with Gasteiger partial charge >= 0.3 is 0 Å². The van der Waals surface area contributed by atoms with Gasteiger partial charge in [0.25, 0.3) is 0 Å². The Labute approximate surface area is 159 Å². The lowest BCUT2D eigenvalue weighted by atomic mass is 9.86. The van der Waals surface area contributed by atoms with Crippen LogP contribution in [0.2, 0.25) is 0 Å². The van der Waals surface area contributed by atoms with E-state index in [2.05, 4.69) is 65.1 Å². The molecule has 1 nitrogen and oxygen atoms in total. The van der Waals surface area contributed by atoms with Crippen LogP contribution in [0.5, 0.6) is 0 Å². The molecule has 0 spiro atoms. The predicted molar refractivity (Wildman–Crippen MR) is 115 cm³/mol. The van der Waals surface area contributed by atoms with Gasteiger partial charge < -0.3 is 4.40 Å². The molecule has 0 bridgehead atoms. The molecule has 0 saturated heterocycles. The molecule has 6 rings (SSSR count). The lowest BCUT2D eigenvalue weighted by Gasteiger charge is -2.18. The number of nitrogens with zero attached hydrogens (tertiary/aromatic N) is 1. The van der Waals surface area contributed by atoms with E-state index < -0.39 is 0 Å². The second kappa shape index (κ2) is 6.92. The molecular weight excluding hydrogens is 326 g/mol. The summed E-state index contributed by atoms with van der Waals surface area (Å²) in [4.78, 5) is 0. The van der Waals surface area contributed by atoms with Crippen LogP contribution in [0, 0.1) is 0 Å². The maximum Gasteiger partial charge on any atom is 0.0449 e. The highest BCUT2D eigenvalue weighted by Crippen LogP contribution is 2.33. The second-order valence-electron chi connectivity index (χ2n) is 7.33. The molecule has 27 heavy (non-hydrogen) atoms. The van der Waals surface area contributed by atoms with E-state index in [9.17, 15) is 0 Å². The fourth-order valence-corrected chi connectivity index (χ4v) is 4.32. The Morgan fingerprint density at radius 1 is 0.556 bits per heavy atom. The molecule has 3 aromatic carbocycles. The largest absolute Gasteiger partial charge is 0.324 e. The van der Waals surface area contributed by atoms with Crippen molar-refractivity contribution in [2.75, 3.05) is 0 Å². The summed E-state index contributed by atoms with van der Waals surface area (Å²) < 4.78 is 2.08. The second-order valence-corrected chi connectivity index (χ2v) is 7.33. The number of aryl methyl sites for hydroxylation is 2. The summed E-state index contributed by atoms with van der Waals surface area (Å²) in [6.45, 7) is 0. The third-order valence-electron chi connectivity index (χ3n) is 5.69. The van der Waals surface area contributed by atoms with E-state index in [0.29, 0.717) is 0 Å². The first-order valence-corrected chi connectivity index (χ1v) is 9.84. The van der Waals surface area contributed by atoms with Gasteiger partial charge in [0.2, 0.25) is 0 Å². The van der Waals surface area contributed by atoms with Gasteiger partial charge in [-0.05, 0) is 82.6 Å². The molecule has 0 saturated carbocycles. The lowest BCUT2D eigenvalue weighted by molar-refractivity contribution is 0.690. The molecule has 132 valence electrons. The van der Waals surface area contributed by atoms with E-state index in [1.165, 1.54) is 52.7 Å². The van der Waals surface area contributed by atoms with Crippen LogP contribution in [0.3, 0.4) is 0 Å². The fourth-order valence-electron chi connectivity index (χ4n) is 4.32. The highest BCUT2D eigenvalue weighted by Gasteiger charge is 2.13. The van der Waals surface area contributed by atoms with Gasteiger partial charge in [-0.2, -0.15) is 0 Å². The van der Waals surface area contributed by atoms with Crippen molar-refractivity contribution >= 4 is 27.1 Å². The molecule has 1 aliphatic carbocycles. The minimum Gasteiger partial charge on any atom is -0.324 e. The number of pyridine rings is 1. The fraction of sp³-hybridized carbons (Fsp3) is 0.154. The molecule has 0 atom stereocenters. The standard InChI is InChI=1S/C18H16.C8H7N/c1-3-7-15-13(5-1)9-11-18-16-8-4-2-6-14(16)10-12-17(15)18;1-2-6-9-7-3-5-8(9)4-1/h1,3,5,7,9-12H,2,4,6,8H2;1-7H. The zero-order valence-electron chi connectivity index (χ0n) is 15.4. The van der Waals surface area contributed by atoms with Crippen LogP contribution in [0.4, 0.5) is 0 Å². The summed E-state index contributed by atoms with van der Waals surface area (Å²) in [7, 11) is 0. The van der Waals surface area contributed by atoms with E-state index >= 15 is 0 Å². The topological polar surface area (TPSA) is 4.41 Å². The Kier molecular flexibility index (Phi) is 4.14. The smallest absolute Gasteiger partial charge is 0.0449 e. The van der Waals surface area contributed by atoms with Crippen molar-refractivity contribution in [2.24, 2.45) is 0 Å². The van der Waals surface area contributed by atoms with Crippen LogP contribution < -0.4 is 0 Å². The number of hydrogen-bond acceptors (Lipinski definition) is 0. The van der Waals surface area contributed by atoms with Crippen LogP contribution in [0.1, 0.15) is 24.0 Å². The highest BCUT2D eigenvalue weighted by molar-refractivity contribution is 6.08. The van der Waals surface area contributed by atoms with Gasteiger partial charge in [-0.3, -0.25) is 0 Å². The van der Waals surface area contributed by atoms with Gasteiger partial charge in [0.1, 0.15) is 0 Å². The molecule has 0 unspecified atom stereocenters. The third kappa shape index (κ3) is 3.00. The van der Waals surface area contributed by atoms with E-state index in [4.69, 9.17) is 0 Å². The summed E-state index contributed by atoms with van der Waals surface area (Å²) >= 11 is 0. The zero-order valence-corrected chi connectivity index (χ0v) is 15.4. The summed E-state index contributed by atoms with van der Waals surface area (Å²) in [5, 5.41) is 5.64. The van der Waals surface area contributed by atoms with Crippen LogP contribution in [0.15, 0.2) is 91.3 Å². The normalized spacial score (nSPS) is 13.3. The Morgan fingerprint density at radius 3 is 2.30 bits per heavy atom. The first kappa shape index (κ1) is 16.1. The Bertz CT molecular complexity index is 1200. The maximum atomic E-state index is 2.35. The van der Waals surface area contributed by atoms with Crippen molar-refractivity contribution in [3.63, 3.8) is 0 Å².